The van der Waals surface area contributed by atoms with Gasteiger partial charge in [0.2, 0.25) is 0 Å². The van der Waals surface area contributed by atoms with E-state index >= 15 is 0 Å². The van der Waals surface area contributed by atoms with Crippen molar-refractivity contribution in [3.8, 4) is 0 Å². The summed E-state index contributed by atoms with van der Waals surface area (Å²) < 4.78 is 1.60. The van der Waals surface area contributed by atoms with Crippen LogP contribution in [-0.4, -0.2) is 20.6 Å². The van der Waals surface area contributed by atoms with Gasteiger partial charge >= 0.3 is 0 Å². The van der Waals surface area contributed by atoms with Gasteiger partial charge in [-0.15, -0.1) is 0 Å². The molecular formula is C12H11ClN4O3. The zero-order valence-corrected chi connectivity index (χ0v) is 11.3. The van der Waals surface area contributed by atoms with Crippen molar-refractivity contribution in [1.29, 1.82) is 0 Å². The molecule has 8 heteroatoms. The zero-order valence-electron chi connectivity index (χ0n) is 10.5. The third-order valence-corrected chi connectivity index (χ3v) is 2.85. The second-order valence-corrected chi connectivity index (χ2v) is 4.56. The second-order valence-electron chi connectivity index (χ2n) is 4.12. The molecule has 0 aliphatic carbocycles. The van der Waals surface area contributed by atoms with Crippen LogP contribution in [0.3, 0.4) is 0 Å². The quantitative estimate of drug-likeness (QED) is 0.689. The molecular weight excluding hydrogens is 284 g/mol. The van der Waals surface area contributed by atoms with E-state index in [0.29, 0.717) is 0 Å². The van der Waals surface area contributed by atoms with Crippen molar-refractivity contribution in [2.24, 2.45) is 7.05 Å². The van der Waals surface area contributed by atoms with Gasteiger partial charge in [0, 0.05) is 36.4 Å². The Kier molecular flexibility index (Phi) is 3.99. The summed E-state index contributed by atoms with van der Waals surface area (Å²) in [5, 5.41) is 17.7. The van der Waals surface area contributed by atoms with Crippen molar-refractivity contribution >= 4 is 23.2 Å². The maximum atomic E-state index is 12.0. The number of benzene rings is 1. The number of halogens is 1. The highest BCUT2D eigenvalue weighted by atomic mass is 35.5. The van der Waals surface area contributed by atoms with Crippen molar-refractivity contribution < 1.29 is 9.72 Å². The Labute approximate surface area is 119 Å². The molecule has 1 heterocycles. The third-order valence-electron chi connectivity index (χ3n) is 2.61. The van der Waals surface area contributed by atoms with E-state index < -0.39 is 10.8 Å². The second kappa shape index (κ2) is 5.70. The first-order valence-corrected chi connectivity index (χ1v) is 6.05. The average molecular weight is 295 g/mol. The number of nitrogens with zero attached hydrogens (tertiary/aromatic N) is 3. The van der Waals surface area contributed by atoms with Crippen LogP contribution in [0.2, 0.25) is 5.02 Å². The lowest BCUT2D eigenvalue weighted by Gasteiger charge is -2.04. The van der Waals surface area contributed by atoms with Crippen molar-refractivity contribution in [3.63, 3.8) is 0 Å². The first-order chi connectivity index (χ1) is 9.47. The van der Waals surface area contributed by atoms with Gasteiger partial charge in [-0.25, -0.2) is 0 Å². The van der Waals surface area contributed by atoms with E-state index in [0.717, 1.165) is 11.6 Å². The molecule has 1 amide bonds. The Morgan fingerprint density at radius 3 is 2.90 bits per heavy atom. The summed E-state index contributed by atoms with van der Waals surface area (Å²) in [6.07, 6.45) is 3.35. The number of aromatic nitrogens is 2. The Balaban J connectivity index is 2.15. The average Bonchev–Trinajstić information content (AvgIpc) is 2.81. The SMILES string of the molecule is Cn1cc(CNC(=O)c2ccc(Cl)cc2[N+](=O)[O-])cn1. The fourth-order valence-electron chi connectivity index (χ4n) is 1.69. The van der Waals surface area contributed by atoms with Crippen LogP contribution < -0.4 is 5.32 Å². The first kappa shape index (κ1) is 14.0. The first-order valence-electron chi connectivity index (χ1n) is 5.67. The fraction of sp³-hybridized carbons (Fsp3) is 0.167. The molecule has 0 radical (unpaired) electrons. The largest absolute Gasteiger partial charge is 0.348 e. The van der Waals surface area contributed by atoms with Gasteiger partial charge in [0.05, 0.1) is 11.1 Å². The number of carbonyl (C=O) groups is 1. The van der Waals surface area contributed by atoms with Crippen molar-refractivity contribution in [1.82, 2.24) is 15.1 Å². The molecule has 0 bridgehead atoms. The predicted molar refractivity (Wildman–Crippen MR) is 72.5 cm³/mol. The number of carbonyl (C=O) groups excluding carboxylic acids is 1. The number of rotatable bonds is 4. The summed E-state index contributed by atoms with van der Waals surface area (Å²) in [5.41, 5.74) is 0.460. The Bertz CT molecular complexity index is 668. The van der Waals surface area contributed by atoms with Gasteiger partial charge in [0.1, 0.15) is 5.56 Å². The fourth-order valence-corrected chi connectivity index (χ4v) is 1.85. The van der Waals surface area contributed by atoms with Crippen LogP contribution >= 0.6 is 11.6 Å². The normalized spacial score (nSPS) is 10.3. The minimum absolute atomic E-state index is 0.0247. The van der Waals surface area contributed by atoms with E-state index in [2.05, 4.69) is 10.4 Å². The minimum atomic E-state index is -0.634. The number of nitrogens with one attached hydrogen (secondary N) is 1. The van der Waals surface area contributed by atoms with Crippen LogP contribution in [-0.2, 0) is 13.6 Å². The standard InChI is InChI=1S/C12H11ClN4O3/c1-16-7-8(6-15-16)5-14-12(18)10-3-2-9(13)4-11(10)17(19)20/h2-4,6-7H,5H2,1H3,(H,14,18). The monoisotopic (exact) mass is 294 g/mol. The lowest BCUT2D eigenvalue weighted by atomic mass is 10.1. The summed E-state index contributed by atoms with van der Waals surface area (Å²) in [6.45, 7) is 0.243. The molecule has 1 aromatic carbocycles. The minimum Gasteiger partial charge on any atom is -0.348 e. The molecule has 2 rings (SSSR count). The summed E-state index contributed by atoms with van der Waals surface area (Å²) in [5.74, 6) is -0.530. The van der Waals surface area contributed by atoms with Gasteiger partial charge < -0.3 is 5.32 Å². The van der Waals surface area contributed by atoms with Crippen LogP contribution in [0.5, 0.6) is 0 Å². The summed E-state index contributed by atoms with van der Waals surface area (Å²) in [4.78, 5) is 22.3. The molecule has 0 aliphatic heterocycles. The molecule has 0 aliphatic rings. The highest BCUT2D eigenvalue weighted by Crippen LogP contribution is 2.23. The summed E-state index contributed by atoms with van der Waals surface area (Å²) >= 11 is 5.69. The molecule has 20 heavy (non-hydrogen) atoms. The topological polar surface area (TPSA) is 90.1 Å². The van der Waals surface area contributed by atoms with Crippen molar-refractivity contribution in [2.45, 2.75) is 6.54 Å². The van der Waals surface area contributed by atoms with Crippen LogP contribution in [0.4, 0.5) is 5.69 Å². The number of hydrogen-bond donors (Lipinski definition) is 1. The zero-order chi connectivity index (χ0) is 14.7. The summed E-state index contributed by atoms with van der Waals surface area (Å²) in [7, 11) is 1.76. The van der Waals surface area contributed by atoms with Crippen molar-refractivity contribution in [2.75, 3.05) is 0 Å². The number of nitro benzene ring substituents is 1. The van der Waals surface area contributed by atoms with E-state index in [9.17, 15) is 14.9 Å². The highest BCUT2D eigenvalue weighted by Gasteiger charge is 2.20. The van der Waals surface area contributed by atoms with Gasteiger partial charge in [-0.1, -0.05) is 11.6 Å². The molecule has 104 valence electrons. The molecule has 0 saturated carbocycles. The molecule has 0 saturated heterocycles. The molecule has 0 unspecified atom stereocenters. The number of nitro groups is 1. The van der Waals surface area contributed by atoms with Gasteiger partial charge in [-0.05, 0) is 12.1 Å². The molecule has 0 spiro atoms. The lowest BCUT2D eigenvalue weighted by molar-refractivity contribution is -0.385. The van der Waals surface area contributed by atoms with Gasteiger partial charge in [0.15, 0.2) is 0 Å². The summed E-state index contributed by atoms with van der Waals surface area (Å²) in [6, 6.07) is 3.92. The Hall–Kier alpha value is -2.41. The number of amides is 1. The van der Waals surface area contributed by atoms with E-state index in [-0.39, 0.29) is 22.8 Å². The molecule has 0 fully saturated rings. The lowest BCUT2D eigenvalue weighted by Crippen LogP contribution is -2.23. The molecule has 2 aromatic rings. The maximum absolute atomic E-state index is 12.0. The van der Waals surface area contributed by atoms with Crippen LogP contribution in [0.25, 0.3) is 0 Å². The van der Waals surface area contributed by atoms with Crippen LogP contribution in [0.15, 0.2) is 30.6 Å². The maximum Gasteiger partial charge on any atom is 0.283 e. The molecule has 7 nitrogen and oxygen atoms in total. The third kappa shape index (κ3) is 3.12. The van der Waals surface area contributed by atoms with Crippen LogP contribution in [0, 0.1) is 10.1 Å². The highest BCUT2D eigenvalue weighted by molar-refractivity contribution is 6.31. The van der Waals surface area contributed by atoms with E-state index in [1.165, 1.54) is 12.1 Å². The van der Waals surface area contributed by atoms with Gasteiger partial charge in [0.25, 0.3) is 11.6 Å². The van der Waals surface area contributed by atoms with E-state index in [1.54, 1.807) is 24.1 Å². The molecule has 1 aromatic heterocycles. The van der Waals surface area contributed by atoms with E-state index in [1.807, 2.05) is 0 Å². The number of aryl methyl sites for hydroxylation is 1. The molecule has 0 atom stereocenters. The predicted octanol–water partition coefficient (Wildman–Crippen LogP) is 1.91. The van der Waals surface area contributed by atoms with E-state index in [4.69, 9.17) is 11.6 Å². The van der Waals surface area contributed by atoms with Gasteiger partial charge in [-0.3, -0.25) is 19.6 Å². The number of hydrogen-bond acceptors (Lipinski definition) is 4. The Morgan fingerprint density at radius 1 is 1.55 bits per heavy atom. The Morgan fingerprint density at radius 2 is 2.30 bits per heavy atom. The smallest absolute Gasteiger partial charge is 0.283 e. The van der Waals surface area contributed by atoms with Gasteiger partial charge in [-0.2, -0.15) is 5.10 Å². The van der Waals surface area contributed by atoms with Crippen LogP contribution in [0.1, 0.15) is 15.9 Å². The molecule has 1 N–H and O–H groups in total. The van der Waals surface area contributed by atoms with Crippen molar-refractivity contribution in [3.05, 3.63) is 56.9 Å².